The molecule has 1 atom stereocenters. The molecule has 0 saturated heterocycles. The molecule has 1 unspecified atom stereocenters. The summed E-state index contributed by atoms with van der Waals surface area (Å²) in [6, 6.07) is 3.78. The Morgan fingerprint density at radius 3 is 2.26 bits per heavy atom. The van der Waals surface area contributed by atoms with Crippen LogP contribution in [0, 0.1) is 13.8 Å². The first-order valence-corrected chi connectivity index (χ1v) is 9.27. The third-order valence-corrected chi connectivity index (χ3v) is 5.41. The van der Waals surface area contributed by atoms with Gasteiger partial charge in [-0.25, -0.2) is 13.1 Å². The summed E-state index contributed by atoms with van der Waals surface area (Å²) in [4.78, 5) is 2.11. The van der Waals surface area contributed by atoms with Crippen molar-refractivity contribution in [2.75, 3.05) is 27.2 Å². The van der Waals surface area contributed by atoms with Crippen molar-refractivity contribution in [3.05, 3.63) is 28.8 Å². The van der Waals surface area contributed by atoms with E-state index < -0.39 is 16.1 Å². The maximum Gasteiger partial charge on any atom is 0.240 e. The zero-order chi connectivity index (χ0) is 18.0. The predicted octanol–water partition coefficient (Wildman–Crippen LogP) is 1.80. The second-order valence-corrected chi connectivity index (χ2v) is 9.17. The first-order chi connectivity index (χ1) is 10.3. The highest BCUT2D eigenvalue weighted by molar-refractivity contribution is 7.89. The zero-order valence-electron chi connectivity index (χ0n) is 15.3. The number of nitrogens with zero attached hydrogens (tertiary/aromatic N) is 1. The van der Waals surface area contributed by atoms with Crippen molar-refractivity contribution in [3.63, 3.8) is 0 Å². The Hall–Kier alpha value is -0.950. The minimum Gasteiger partial charge on any atom is -0.390 e. The van der Waals surface area contributed by atoms with Crippen LogP contribution >= 0.6 is 0 Å². The van der Waals surface area contributed by atoms with Gasteiger partial charge in [0.25, 0.3) is 0 Å². The summed E-state index contributed by atoms with van der Waals surface area (Å²) in [5.41, 5.74) is 2.54. The summed E-state index contributed by atoms with van der Waals surface area (Å²) in [5, 5.41) is 9.87. The second kappa shape index (κ2) is 7.30. The van der Waals surface area contributed by atoms with Gasteiger partial charge in [0.15, 0.2) is 0 Å². The quantitative estimate of drug-likeness (QED) is 0.827. The van der Waals surface area contributed by atoms with Crippen molar-refractivity contribution in [2.24, 2.45) is 0 Å². The Bertz CT molecular complexity index is 647. The van der Waals surface area contributed by atoms with Crippen LogP contribution in [0.5, 0.6) is 0 Å². The number of aliphatic hydroxyl groups is 1. The molecular formula is C17H30N2O3S. The van der Waals surface area contributed by atoms with Crippen LogP contribution in [0.3, 0.4) is 0 Å². The van der Waals surface area contributed by atoms with Gasteiger partial charge in [0, 0.05) is 13.1 Å². The highest BCUT2D eigenvalue weighted by atomic mass is 32.2. The summed E-state index contributed by atoms with van der Waals surface area (Å²) < 4.78 is 27.8. The summed E-state index contributed by atoms with van der Waals surface area (Å²) in [5.74, 6) is 0. The Morgan fingerprint density at radius 2 is 1.78 bits per heavy atom. The van der Waals surface area contributed by atoms with Gasteiger partial charge >= 0.3 is 0 Å². The van der Waals surface area contributed by atoms with E-state index >= 15 is 0 Å². The summed E-state index contributed by atoms with van der Waals surface area (Å²) in [7, 11) is 0.00715. The monoisotopic (exact) mass is 342 g/mol. The van der Waals surface area contributed by atoms with Crippen LogP contribution in [-0.2, 0) is 15.4 Å². The van der Waals surface area contributed by atoms with E-state index in [1.807, 2.05) is 38.9 Å². The Balaban J connectivity index is 3.11. The maximum atomic E-state index is 12.6. The van der Waals surface area contributed by atoms with Gasteiger partial charge in [-0.05, 0) is 56.1 Å². The number of hydrogen-bond acceptors (Lipinski definition) is 4. The van der Waals surface area contributed by atoms with Gasteiger partial charge in [-0.1, -0.05) is 26.8 Å². The van der Waals surface area contributed by atoms with E-state index in [1.165, 1.54) is 0 Å². The number of hydrogen-bond donors (Lipinski definition) is 2. The van der Waals surface area contributed by atoms with Gasteiger partial charge in [0.1, 0.15) is 0 Å². The molecule has 0 spiro atoms. The van der Waals surface area contributed by atoms with E-state index in [0.717, 1.165) is 16.7 Å². The van der Waals surface area contributed by atoms with Crippen LogP contribution in [0.4, 0.5) is 0 Å². The number of benzene rings is 1. The summed E-state index contributed by atoms with van der Waals surface area (Å²) >= 11 is 0. The molecule has 132 valence electrons. The van der Waals surface area contributed by atoms with E-state index in [2.05, 4.69) is 25.5 Å². The lowest BCUT2D eigenvalue weighted by Gasteiger charge is -2.23. The van der Waals surface area contributed by atoms with E-state index in [-0.39, 0.29) is 12.0 Å². The van der Waals surface area contributed by atoms with Gasteiger partial charge in [-0.2, -0.15) is 0 Å². The van der Waals surface area contributed by atoms with Gasteiger partial charge in [0.2, 0.25) is 10.0 Å². The molecule has 5 nitrogen and oxygen atoms in total. The fourth-order valence-electron chi connectivity index (χ4n) is 2.31. The number of likely N-dealkylation sites (N-methyl/N-ethyl adjacent to an activating group) is 1. The van der Waals surface area contributed by atoms with E-state index in [0.29, 0.717) is 11.4 Å². The molecular weight excluding hydrogens is 312 g/mol. The van der Waals surface area contributed by atoms with E-state index in [9.17, 15) is 13.5 Å². The largest absolute Gasteiger partial charge is 0.390 e. The Labute approximate surface area is 140 Å². The van der Waals surface area contributed by atoms with E-state index in [4.69, 9.17) is 0 Å². The standard InChI is InChI=1S/C17H30N2O3S/c1-12-8-14(17(3,4)5)9-16(13(12)2)23(21,22)18-10-15(20)11-19(6)7/h8-9,15,18,20H,10-11H2,1-7H3. The van der Waals surface area contributed by atoms with Gasteiger partial charge < -0.3 is 10.0 Å². The molecule has 2 N–H and O–H groups in total. The molecule has 1 aromatic carbocycles. The molecule has 0 aliphatic heterocycles. The first kappa shape index (κ1) is 20.1. The van der Waals surface area contributed by atoms with Crippen LogP contribution in [0.2, 0.25) is 0 Å². The molecule has 0 amide bonds. The lowest BCUT2D eigenvalue weighted by atomic mass is 9.85. The number of aryl methyl sites for hydroxylation is 1. The van der Waals surface area contributed by atoms with Crippen LogP contribution in [0.15, 0.2) is 17.0 Å². The fourth-order valence-corrected chi connectivity index (χ4v) is 3.72. The lowest BCUT2D eigenvalue weighted by molar-refractivity contribution is 0.140. The molecule has 0 aliphatic carbocycles. The van der Waals surface area contributed by atoms with Crippen molar-refractivity contribution in [1.82, 2.24) is 9.62 Å². The molecule has 23 heavy (non-hydrogen) atoms. The van der Waals surface area contributed by atoms with Gasteiger partial charge in [-0.3, -0.25) is 0 Å². The molecule has 0 saturated carbocycles. The summed E-state index contributed by atoms with van der Waals surface area (Å²) in [6.45, 7) is 10.3. The molecule has 0 radical (unpaired) electrons. The highest BCUT2D eigenvalue weighted by Crippen LogP contribution is 2.28. The average Bonchev–Trinajstić information content (AvgIpc) is 2.37. The molecule has 1 rings (SSSR count). The smallest absolute Gasteiger partial charge is 0.240 e. The first-order valence-electron chi connectivity index (χ1n) is 7.79. The molecule has 0 fully saturated rings. The number of nitrogens with one attached hydrogen (secondary N) is 1. The topological polar surface area (TPSA) is 69.6 Å². The highest BCUT2D eigenvalue weighted by Gasteiger charge is 2.23. The third-order valence-electron chi connectivity index (χ3n) is 3.86. The van der Waals surface area contributed by atoms with Crippen LogP contribution in [0.25, 0.3) is 0 Å². The fraction of sp³-hybridized carbons (Fsp3) is 0.647. The third kappa shape index (κ3) is 5.57. The van der Waals surface area contributed by atoms with Gasteiger partial charge in [-0.15, -0.1) is 0 Å². The van der Waals surface area contributed by atoms with Crippen molar-refractivity contribution in [1.29, 1.82) is 0 Å². The SMILES string of the molecule is Cc1cc(C(C)(C)C)cc(S(=O)(=O)NCC(O)CN(C)C)c1C. The van der Waals surface area contributed by atoms with Crippen molar-refractivity contribution < 1.29 is 13.5 Å². The molecule has 1 aromatic rings. The van der Waals surface area contributed by atoms with Crippen molar-refractivity contribution in [2.45, 2.75) is 51.0 Å². The van der Waals surface area contributed by atoms with Crippen molar-refractivity contribution in [3.8, 4) is 0 Å². The van der Waals surface area contributed by atoms with Crippen LogP contribution < -0.4 is 4.72 Å². The number of aliphatic hydroxyl groups excluding tert-OH is 1. The van der Waals surface area contributed by atoms with Gasteiger partial charge in [0.05, 0.1) is 11.0 Å². The second-order valence-electron chi connectivity index (χ2n) is 7.43. The van der Waals surface area contributed by atoms with Crippen LogP contribution in [0.1, 0.15) is 37.5 Å². The lowest BCUT2D eigenvalue weighted by Crippen LogP contribution is -2.38. The number of sulfonamides is 1. The predicted molar refractivity (Wildman–Crippen MR) is 94.4 cm³/mol. The average molecular weight is 343 g/mol. The Morgan fingerprint density at radius 1 is 1.22 bits per heavy atom. The molecule has 0 aromatic heterocycles. The molecule has 0 bridgehead atoms. The zero-order valence-corrected chi connectivity index (χ0v) is 16.1. The van der Waals surface area contributed by atoms with Crippen LogP contribution in [-0.4, -0.2) is 51.7 Å². The number of rotatable bonds is 6. The van der Waals surface area contributed by atoms with Crippen molar-refractivity contribution >= 4 is 10.0 Å². The maximum absolute atomic E-state index is 12.6. The van der Waals surface area contributed by atoms with E-state index in [1.54, 1.807) is 6.07 Å². The molecule has 0 heterocycles. The summed E-state index contributed by atoms with van der Waals surface area (Å²) in [6.07, 6.45) is -0.744. The minimum atomic E-state index is -3.66. The normalized spacial score (nSPS) is 14.3. The Kier molecular flexibility index (Phi) is 6.38. The molecule has 6 heteroatoms. The minimum absolute atomic E-state index is 0.00124. The molecule has 0 aliphatic rings.